The summed E-state index contributed by atoms with van der Waals surface area (Å²) in [6.45, 7) is 5.99. The van der Waals surface area contributed by atoms with Crippen LogP contribution in [0.25, 0.3) is 0 Å². The number of rotatable bonds is 5. The fraction of sp³-hybridized carbons (Fsp3) is 0.700. The second-order valence-electron chi connectivity index (χ2n) is 3.49. The Labute approximate surface area is 94.2 Å². The van der Waals surface area contributed by atoms with Gasteiger partial charge in [-0.1, -0.05) is 12.1 Å². The molecule has 1 N–H and O–H groups in total. The summed E-state index contributed by atoms with van der Waals surface area (Å²) >= 11 is 0. The first-order valence-electron chi connectivity index (χ1n) is 5.35. The Balaban J connectivity index is 2.79. The molecule has 0 aliphatic rings. The monoisotopic (exact) mass is 227 g/mol. The van der Waals surface area contributed by atoms with Gasteiger partial charge in [0, 0.05) is 0 Å². The molecule has 6 heteroatoms. The molecule has 0 fully saturated rings. The SMILES string of the molecule is CCOC(=O)c1nnn(CC(O)CC)c1C. The summed E-state index contributed by atoms with van der Waals surface area (Å²) in [7, 11) is 0. The first-order chi connectivity index (χ1) is 7.60. The second-order valence-corrected chi connectivity index (χ2v) is 3.49. The van der Waals surface area contributed by atoms with Crippen LogP contribution >= 0.6 is 0 Å². The topological polar surface area (TPSA) is 77.2 Å². The van der Waals surface area contributed by atoms with E-state index in [-0.39, 0.29) is 5.69 Å². The molecule has 16 heavy (non-hydrogen) atoms. The lowest BCUT2D eigenvalue weighted by molar-refractivity contribution is 0.0518. The molecular formula is C10H17N3O3. The minimum Gasteiger partial charge on any atom is -0.461 e. The van der Waals surface area contributed by atoms with Crippen molar-refractivity contribution in [1.82, 2.24) is 15.0 Å². The molecule has 0 saturated heterocycles. The highest BCUT2D eigenvalue weighted by atomic mass is 16.5. The molecule has 0 amide bonds. The van der Waals surface area contributed by atoms with E-state index in [2.05, 4.69) is 10.3 Å². The van der Waals surface area contributed by atoms with Crippen LogP contribution < -0.4 is 0 Å². The number of aliphatic hydroxyl groups excluding tert-OH is 1. The normalized spacial score (nSPS) is 12.5. The number of ether oxygens (including phenoxy) is 1. The number of carbonyl (C=O) groups is 1. The lowest BCUT2D eigenvalue weighted by Crippen LogP contribution is -2.17. The third-order valence-corrected chi connectivity index (χ3v) is 2.31. The average Bonchev–Trinajstić information content (AvgIpc) is 2.61. The van der Waals surface area contributed by atoms with E-state index in [9.17, 15) is 9.90 Å². The maximum atomic E-state index is 11.4. The van der Waals surface area contributed by atoms with Crippen LogP contribution in [-0.2, 0) is 11.3 Å². The van der Waals surface area contributed by atoms with E-state index in [1.165, 1.54) is 4.68 Å². The molecule has 1 unspecified atom stereocenters. The van der Waals surface area contributed by atoms with Crippen molar-refractivity contribution in [2.24, 2.45) is 0 Å². The third-order valence-electron chi connectivity index (χ3n) is 2.31. The highest BCUT2D eigenvalue weighted by Gasteiger charge is 2.18. The first kappa shape index (κ1) is 12.6. The van der Waals surface area contributed by atoms with E-state index in [1.54, 1.807) is 13.8 Å². The van der Waals surface area contributed by atoms with Gasteiger partial charge in [-0.05, 0) is 20.3 Å². The van der Waals surface area contributed by atoms with Gasteiger partial charge in [0.05, 0.1) is 24.9 Å². The maximum absolute atomic E-state index is 11.4. The fourth-order valence-electron chi connectivity index (χ4n) is 1.25. The number of aliphatic hydroxyl groups is 1. The molecule has 0 bridgehead atoms. The summed E-state index contributed by atoms with van der Waals surface area (Å²) in [4.78, 5) is 11.4. The van der Waals surface area contributed by atoms with E-state index >= 15 is 0 Å². The van der Waals surface area contributed by atoms with Gasteiger partial charge in [0.15, 0.2) is 5.69 Å². The van der Waals surface area contributed by atoms with Crippen LogP contribution in [0.2, 0.25) is 0 Å². The Morgan fingerprint density at radius 3 is 2.81 bits per heavy atom. The van der Waals surface area contributed by atoms with E-state index in [1.807, 2.05) is 6.92 Å². The Morgan fingerprint density at radius 2 is 2.25 bits per heavy atom. The van der Waals surface area contributed by atoms with Crippen molar-refractivity contribution >= 4 is 5.97 Å². The zero-order valence-electron chi connectivity index (χ0n) is 9.80. The summed E-state index contributed by atoms with van der Waals surface area (Å²) in [5.41, 5.74) is 0.830. The van der Waals surface area contributed by atoms with E-state index in [0.29, 0.717) is 25.3 Å². The smallest absolute Gasteiger partial charge is 0.360 e. The van der Waals surface area contributed by atoms with Crippen molar-refractivity contribution in [1.29, 1.82) is 0 Å². The summed E-state index contributed by atoms with van der Waals surface area (Å²) in [6, 6.07) is 0. The molecule has 6 nitrogen and oxygen atoms in total. The van der Waals surface area contributed by atoms with Gasteiger partial charge in [0.25, 0.3) is 0 Å². The molecular weight excluding hydrogens is 210 g/mol. The molecule has 0 radical (unpaired) electrons. The van der Waals surface area contributed by atoms with Gasteiger partial charge in [-0.2, -0.15) is 0 Å². The van der Waals surface area contributed by atoms with Crippen molar-refractivity contribution in [3.63, 3.8) is 0 Å². The Hall–Kier alpha value is -1.43. The van der Waals surface area contributed by atoms with E-state index < -0.39 is 12.1 Å². The number of esters is 1. The summed E-state index contributed by atoms with van der Waals surface area (Å²) < 4.78 is 6.35. The minimum atomic E-state index is -0.476. The predicted molar refractivity (Wildman–Crippen MR) is 57.0 cm³/mol. The van der Waals surface area contributed by atoms with Crippen molar-refractivity contribution in [2.75, 3.05) is 6.61 Å². The highest BCUT2D eigenvalue weighted by Crippen LogP contribution is 2.07. The number of nitrogens with zero attached hydrogens (tertiary/aromatic N) is 3. The average molecular weight is 227 g/mol. The van der Waals surface area contributed by atoms with Gasteiger partial charge < -0.3 is 9.84 Å². The van der Waals surface area contributed by atoms with Crippen molar-refractivity contribution < 1.29 is 14.6 Å². The first-order valence-corrected chi connectivity index (χ1v) is 5.35. The fourth-order valence-corrected chi connectivity index (χ4v) is 1.25. The van der Waals surface area contributed by atoms with Gasteiger partial charge in [-0.15, -0.1) is 5.10 Å². The van der Waals surface area contributed by atoms with Gasteiger partial charge in [-0.3, -0.25) is 0 Å². The number of aromatic nitrogens is 3. The predicted octanol–water partition coefficient (Wildman–Crippen LogP) is 0.534. The van der Waals surface area contributed by atoms with Gasteiger partial charge in [0.2, 0.25) is 0 Å². The summed E-state index contributed by atoms with van der Waals surface area (Å²) in [5, 5.41) is 17.0. The van der Waals surface area contributed by atoms with Crippen LogP contribution in [0.15, 0.2) is 0 Å². The molecule has 1 aromatic rings. The molecule has 1 aromatic heterocycles. The lowest BCUT2D eigenvalue weighted by Gasteiger charge is -2.08. The largest absolute Gasteiger partial charge is 0.461 e. The number of hydrogen-bond donors (Lipinski definition) is 1. The van der Waals surface area contributed by atoms with Crippen LogP contribution in [0.4, 0.5) is 0 Å². The van der Waals surface area contributed by atoms with Crippen LogP contribution in [0, 0.1) is 6.92 Å². The maximum Gasteiger partial charge on any atom is 0.360 e. The molecule has 0 aliphatic carbocycles. The lowest BCUT2D eigenvalue weighted by atomic mass is 10.2. The highest BCUT2D eigenvalue weighted by molar-refractivity contribution is 5.88. The Bertz CT molecular complexity index is 362. The van der Waals surface area contributed by atoms with E-state index in [4.69, 9.17) is 4.74 Å². The van der Waals surface area contributed by atoms with Crippen LogP contribution in [0.1, 0.15) is 36.5 Å². The quantitative estimate of drug-likeness (QED) is 0.743. The number of carbonyl (C=O) groups excluding carboxylic acids is 1. The van der Waals surface area contributed by atoms with Crippen LogP contribution in [-0.4, -0.2) is 38.8 Å². The van der Waals surface area contributed by atoms with Gasteiger partial charge >= 0.3 is 5.97 Å². The molecule has 0 aromatic carbocycles. The standard InChI is InChI=1S/C10H17N3O3/c1-4-8(14)6-13-7(3)9(11-12-13)10(15)16-5-2/h8,14H,4-6H2,1-3H3. The van der Waals surface area contributed by atoms with Crippen LogP contribution in [0.5, 0.6) is 0 Å². The Kier molecular flexibility index (Phi) is 4.42. The van der Waals surface area contributed by atoms with Crippen molar-refractivity contribution in [3.05, 3.63) is 11.4 Å². The third kappa shape index (κ3) is 2.79. The molecule has 0 saturated carbocycles. The van der Waals surface area contributed by atoms with E-state index in [0.717, 1.165) is 0 Å². The van der Waals surface area contributed by atoms with Crippen molar-refractivity contribution in [2.45, 2.75) is 39.8 Å². The van der Waals surface area contributed by atoms with Crippen molar-refractivity contribution in [3.8, 4) is 0 Å². The van der Waals surface area contributed by atoms with Gasteiger partial charge in [-0.25, -0.2) is 9.48 Å². The zero-order chi connectivity index (χ0) is 12.1. The summed E-state index contributed by atoms with van der Waals surface area (Å²) in [5.74, 6) is -0.475. The zero-order valence-corrected chi connectivity index (χ0v) is 9.80. The number of hydrogen-bond acceptors (Lipinski definition) is 5. The molecule has 1 rings (SSSR count). The molecule has 0 aliphatic heterocycles. The molecule has 1 heterocycles. The molecule has 0 spiro atoms. The second kappa shape index (κ2) is 5.60. The van der Waals surface area contributed by atoms with Gasteiger partial charge in [0.1, 0.15) is 0 Å². The minimum absolute atomic E-state index is 0.213. The Morgan fingerprint density at radius 1 is 1.56 bits per heavy atom. The molecule has 1 atom stereocenters. The van der Waals surface area contributed by atoms with Crippen LogP contribution in [0.3, 0.4) is 0 Å². The molecule has 90 valence electrons. The summed E-state index contributed by atoms with van der Waals surface area (Å²) in [6.07, 6.45) is 0.157.